The quantitative estimate of drug-likeness (QED) is 0.673. The molecule has 1 aromatic rings. The smallest absolute Gasteiger partial charge is 0.264 e. The van der Waals surface area contributed by atoms with E-state index in [4.69, 9.17) is 0 Å². The van der Waals surface area contributed by atoms with E-state index in [-0.39, 0.29) is 5.56 Å². The van der Waals surface area contributed by atoms with Crippen molar-refractivity contribution in [3.8, 4) is 0 Å². The average molecular weight is 232 g/mol. The van der Waals surface area contributed by atoms with Gasteiger partial charge in [0.2, 0.25) is 0 Å². The Morgan fingerprint density at radius 2 is 1.92 bits per heavy atom. The van der Waals surface area contributed by atoms with Crippen LogP contribution < -0.4 is 5.56 Å². The van der Waals surface area contributed by atoms with Crippen LogP contribution in [0.5, 0.6) is 0 Å². The second kappa shape index (κ2) is 5.14. The molecule has 0 aliphatic carbocycles. The van der Waals surface area contributed by atoms with E-state index in [0.717, 1.165) is 5.56 Å². The van der Waals surface area contributed by atoms with Crippen molar-refractivity contribution in [1.29, 1.82) is 0 Å². The normalized spacial score (nSPS) is 8.75. The summed E-state index contributed by atoms with van der Waals surface area (Å²) in [5, 5.41) is 0. The minimum absolute atomic E-state index is 0.0139. The zero-order chi connectivity index (χ0) is 9.72. The summed E-state index contributed by atoms with van der Waals surface area (Å²) in [5.41, 5.74) is 0.989. The summed E-state index contributed by atoms with van der Waals surface area (Å²) >= 11 is 3.20. The van der Waals surface area contributed by atoms with Crippen molar-refractivity contribution in [1.82, 2.24) is 4.57 Å². The molecule has 0 saturated heterocycles. The predicted molar refractivity (Wildman–Crippen MR) is 55.5 cm³/mol. The van der Waals surface area contributed by atoms with Crippen molar-refractivity contribution in [2.45, 2.75) is 20.8 Å². The van der Waals surface area contributed by atoms with Gasteiger partial charge in [0.1, 0.15) is 0 Å². The molecule has 1 heterocycles. The van der Waals surface area contributed by atoms with Crippen LogP contribution >= 0.6 is 15.9 Å². The van der Waals surface area contributed by atoms with Crippen molar-refractivity contribution in [3.63, 3.8) is 0 Å². The molecule has 0 N–H and O–H groups in total. The molecule has 0 bridgehead atoms. The molecule has 1 aromatic heterocycles. The summed E-state index contributed by atoms with van der Waals surface area (Å²) in [7, 11) is 1.73. The van der Waals surface area contributed by atoms with E-state index in [1.807, 2.05) is 26.8 Å². The largest absolute Gasteiger partial charge is 0.318 e. The van der Waals surface area contributed by atoms with Crippen LogP contribution in [0.15, 0.2) is 21.5 Å². The van der Waals surface area contributed by atoms with Crippen LogP contribution in [0.4, 0.5) is 0 Å². The summed E-state index contributed by atoms with van der Waals surface area (Å²) in [4.78, 5) is 11.1. The lowest BCUT2D eigenvalue weighted by Crippen LogP contribution is -2.16. The maximum Gasteiger partial charge on any atom is 0.264 e. The van der Waals surface area contributed by atoms with E-state index in [1.54, 1.807) is 13.2 Å². The van der Waals surface area contributed by atoms with Gasteiger partial charge in [-0.1, -0.05) is 13.8 Å². The topological polar surface area (TPSA) is 22.0 Å². The van der Waals surface area contributed by atoms with E-state index in [2.05, 4.69) is 15.9 Å². The first kappa shape index (κ1) is 11.4. The molecule has 0 unspecified atom stereocenters. The van der Waals surface area contributed by atoms with Gasteiger partial charge in [-0.3, -0.25) is 4.79 Å². The van der Waals surface area contributed by atoms with Crippen molar-refractivity contribution >= 4 is 15.9 Å². The summed E-state index contributed by atoms with van der Waals surface area (Å²) in [6.07, 6.45) is 1.75. The summed E-state index contributed by atoms with van der Waals surface area (Å²) in [5.74, 6) is 0. The molecule has 0 radical (unpaired) electrons. The Labute approximate surface area is 81.4 Å². The van der Waals surface area contributed by atoms with Gasteiger partial charge in [0.25, 0.3) is 5.56 Å². The van der Waals surface area contributed by atoms with Gasteiger partial charge in [0.05, 0.1) is 4.47 Å². The lowest BCUT2D eigenvalue weighted by Gasteiger charge is -1.98. The summed E-state index contributed by atoms with van der Waals surface area (Å²) in [6.45, 7) is 5.89. The molecule has 0 amide bonds. The van der Waals surface area contributed by atoms with Gasteiger partial charge in [0, 0.05) is 13.2 Å². The van der Waals surface area contributed by atoms with Gasteiger partial charge in [-0.05, 0) is 34.5 Å². The fourth-order valence-electron chi connectivity index (χ4n) is 0.688. The first-order chi connectivity index (χ1) is 5.63. The standard InChI is InChI=1S/C7H8BrNO.C2H6/c1-5-3-4-9(2)7(10)6(5)8;1-2/h3-4H,1-2H3;1-2H3. The number of aryl methyl sites for hydroxylation is 2. The van der Waals surface area contributed by atoms with Gasteiger partial charge in [-0.15, -0.1) is 0 Å². The molecule has 0 spiro atoms. The molecule has 3 heteroatoms. The minimum Gasteiger partial charge on any atom is -0.318 e. The molecule has 12 heavy (non-hydrogen) atoms. The highest BCUT2D eigenvalue weighted by molar-refractivity contribution is 9.10. The zero-order valence-electron chi connectivity index (χ0n) is 7.89. The van der Waals surface area contributed by atoms with Crippen LogP contribution in [0.3, 0.4) is 0 Å². The highest BCUT2D eigenvalue weighted by Crippen LogP contribution is 2.07. The SMILES string of the molecule is CC.Cc1ccn(C)c(=O)c1Br. The number of hydrogen-bond acceptors (Lipinski definition) is 1. The minimum atomic E-state index is 0.0139. The van der Waals surface area contributed by atoms with Gasteiger partial charge in [-0.25, -0.2) is 0 Å². The third-order valence-corrected chi connectivity index (χ3v) is 2.37. The first-order valence-corrected chi connectivity index (χ1v) is 4.74. The lowest BCUT2D eigenvalue weighted by molar-refractivity contribution is 0.848. The second-order valence-corrected chi connectivity index (χ2v) is 3.02. The molecular formula is C9H14BrNO. The van der Waals surface area contributed by atoms with Crippen LogP contribution in [0.2, 0.25) is 0 Å². The number of pyridine rings is 1. The molecule has 0 saturated carbocycles. The lowest BCUT2D eigenvalue weighted by atomic mass is 10.3. The van der Waals surface area contributed by atoms with E-state index in [1.165, 1.54) is 4.57 Å². The van der Waals surface area contributed by atoms with Crippen LogP contribution in [0, 0.1) is 6.92 Å². The van der Waals surface area contributed by atoms with Gasteiger partial charge < -0.3 is 4.57 Å². The third-order valence-electron chi connectivity index (χ3n) is 1.40. The number of nitrogens with zero attached hydrogens (tertiary/aromatic N) is 1. The van der Waals surface area contributed by atoms with E-state index >= 15 is 0 Å². The second-order valence-electron chi connectivity index (χ2n) is 2.23. The highest BCUT2D eigenvalue weighted by Gasteiger charge is 1.98. The Morgan fingerprint density at radius 3 is 2.33 bits per heavy atom. The van der Waals surface area contributed by atoms with E-state index in [0.29, 0.717) is 4.47 Å². The molecule has 1 rings (SSSR count). The van der Waals surface area contributed by atoms with Crippen molar-refractivity contribution in [3.05, 3.63) is 32.7 Å². The van der Waals surface area contributed by atoms with Crippen LogP contribution in [0.1, 0.15) is 19.4 Å². The van der Waals surface area contributed by atoms with E-state index < -0.39 is 0 Å². The number of rotatable bonds is 0. The van der Waals surface area contributed by atoms with Crippen LogP contribution in [0.25, 0.3) is 0 Å². The molecule has 0 aromatic carbocycles. The first-order valence-electron chi connectivity index (χ1n) is 3.94. The Hall–Kier alpha value is -0.570. The monoisotopic (exact) mass is 231 g/mol. The number of aromatic nitrogens is 1. The van der Waals surface area contributed by atoms with Crippen LogP contribution in [-0.2, 0) is 7.05 Å². The van der Waals surface area contributed by atoms with Gasteiger partial charge in [-0.2, -0.15) is 0 Å². The molecule has 0 aliphatic rings. The zero-order valence-corrected chi connectivity index (χ0v) is 9.47. The Bertz CT molecular complexity index is 304. The Balaban J connectivity index is 0.000000561. The fraction of sp³-hybridized carbons (Fsp3) is 0.444. The average Bonchev–Trinajstić information content (AvgIpc) is 2.12. The fourth-order valence-corrected chi connectivity index (χ4v) is 1.10. The van der Waals surface area contributed by atoms with Crippen molar-refractivity contribution in [2.24, 2.45) is 7.05 Å². The molecule has 2 nitrogen and oxygen atoms in total. The van der Waals surface area contributed by atoms with Crippen molar-refractivity contribution < 1.29 is 0 Å². The number of halogens is 1. The maximum absolute atomic E-state index is 11.1. The molecule has 0 atom stereocenters. The number of hydrogen-bond donors (Lipinski definition) is 0. The van der Waals surface area contributed by atoms with Crippen molar-refractivity contribution in [2.75, 3.05) is 0 Å². The Kier molecular flexibility index (Phi) is 4.90. The van der Waals surface area contributed by atoms with E-state index in [9.17, 15) is 4.79 Å². The highest BCUT2D eigenvalue weighted by atomic mass is 79.9. The molecular weight excluding hydrogens is 218 g/mol. The Morgan fingerprint density at radius 1 is 1.42 bits per heavy atom. The molecule has 0 aliphatic heterocycles. The third kappa shape index (κ3) is 2.48. The molecule has 0 fully saturated rings. The van der Waals surface area contributed by atoms with Gasteiger partial charge >= 0.3 is 0 Å². The van der Waals surface area contributed by atoms with Gasteiger partial charge in [0.15, 0.2) is 0 Å². The summed E-state index contributed by atoms with van der Waals surface area (Å²) in [6, 6.07) is 1.89. The predicted octanol–water partition coefficient (Wildman–Crippen LogP) is 2.48. The molecule has 68 valence electrons. The summed E-state index contributed by atoms with van der Waals surface area (Å²) < 4.78 is 2.19. The van der Waals surface area contributed by atoms with Crippen LogP contribution in [-0.4, -0.2) is 4.57 Å². The maximum atomic E-state index is 11.1.